The molecular weight excluding hydrogens is 301 g/mol. The van der Waals surface area contributed by atoms with Crippen molar-refractivity contribution in [1.29, 1.82) is 0 Å². The van der Waals surface area contributed by atoms with E-state index in [2.05, 4.69) is 44.4 Å². The van der Waals surface area contributed by atoms with E-state index >= 15 is 0 Å². The van der Waals surface area contributed by atoms with Crippen LogP contribution in [0.25, 0.3) is 10.9 Å². The van der Waals surface area contributed by atoms with E-state index in [9.17, 15) is 0 Å². The molecule has 1 heterocycles. The van der Waals surface area contributed by atoms with Crippen LogP contribution in [0, 0.1) is 13.8 Å². The number of hydrogen-bond acceptors (Lipinski definition) is 3. The average Bonchev–Trinajstić information content (AvgIpc) is 2.60. The minimum absolute atomic E-state index is 0.863. The van der Waals surface area contributed by atoms with E-state index in [1.54, 1.807) is 6.33 Å². The maximum atomic E-state index is 4.43. The van der Waals surface area contributed by atoms with Crippen LogP contribution in [0.15, 0.2) is 42.7 Å². The van der Waals surface area contributed by atoms with Crippen LogP contribution in [0.2, 0.25) is 0 Å². The summed E-state index contributed by atoms with van der Waals surface area (Å²) < 4.78 is 0. The number of aromatic nitrogens is 2. The summed E-state index contributed by atoms with van der Waals surface area (Å²) >= 11 is 0. The van der Waals surface area contributed by atoms with E-state index in [-0.39, 0.29) is 0 Å². The van der Waals surface area contributed by atoms with Crippen molar-refractivity contribution < 1.29 is 0 Å². The molecule has 3 aromatic rings. The van der Waals surface area contributed by atoms with E-state index in [4.69, 9.17) is 0 Å². The van der Waals surface area contributed by atoms with Gasteiger partial charge in [0.05, 0.1) is 5.52 Å². The minimum atomic E-state index is 0.863. The molecule has 0 aliphatic heterocycles. The first-order valence-electron chi connectivity index (χ1n) is 7.96. The minimum Gasteiger partial charge on any atom is -0.340 e. The van der Waals surface area contributed by atoms with Crippen molar-refractivity contribution in [2.75, 3.05) is 5.32 Å². The van der Waals surface area contributed by atoms with Crippen LogP contribution < -0.4 is 5.32 Å². The second-order valence-corrected chi connectivity index (χ2v) is 5.51. The van der Waals surface area contributed by atoms with Crippen molar-refractivity contribution in [3.63, 3.8) is 0 Å². The Kier molecular flexibility index (Phi) is 6.06. The molecule has 3 rings (SSSR count). The third-order valence-corrected chi connectivity index (χ3v) is 4.30. The lowest BCUT2D eigenvalue weighted by Gasteiger charge is -2.14. The van der Waals surface area contributed by atoms with Crippen molar-refractivity contribution in [3.8, 4) is 0 Å². The first-order valence-corrected chi connectivity index (χ1v) is 8.78. The molecule has 0 saturated carbocycles. The number of nitrogens with one attached hydrogen (secondary N) is 1. The number of hydrogen-bond donors (Lipinski definition) is 1. The fraction of sp³-hybridized carbons (Fsp3) is 0.263. The third kappa shape index (κ3) is 3.68. The molecule has 0 aliphatic rings. The molecule has 120 valence electrons. The predicted octanol–water partition coefficient (Wildman–Crippen LogP) is 5.39. The van der Waals surface area contributed by atoms with E-state index in [0.29, 0.717) is 0 Å². The number of rotatable bonds is 3. The van der Waals surface area contributed by atoms with Gasteiger partial charge in [-0.2, -0.15) is 0 Å². The summed E-state index contributed by atoms with van der Waals surface area (Å²) in [6.07, 6.45) is 2.56. The second-order valence-electron chi connectivity index (χ2n) is 5.10. The zero-order valence-corrected chi connectivity index (χ0v) is 15.4. The van der Waals surface area contributed by atoms with E-state index < -0.39 is 0 Å². The van der Waals surface area contributed by atoms with Gasteiger partial charge in [-0.15, -0.1) is 9.24 Å². The number of anilines is 2. The normalized spacial score (nSPS) is 10.1. The maximum Gasteiger partial charge on any atom is 0.141 e. The Bertz CT molecular complexity index is 785. The SMILES string of the molecule is CC.Cc1c(CP)cc2ncnc(Nc3ccccc3)c2c1C. The van der Waals surface area contributed by atoms with Gasteiger partial charge in [0.25, 0.3) is 0 Å². The highest BCUT2D eigenvalue weighted by Gasteiger charge is 2.11. The summed E-state index contributed by atoms with van der Waals surface area (Å²) in [7, 11) is 2.78. The van der Waals surface area contributed by atoms with Gasteiger partial charge < -0.3 is 5.32 Å². The maximum absolute atomic E-state index is 4.43. The standard InChI is InChI=1S/C17H18N3P.C2H6/c1-11-12(2)16-15(8-13(11)9-21)18-10-19-17(16)20-14-6-4-3-5-7-14;1-2/h3-8,10H,9,21H2,1-2H3,(H,18,19,20);1-2H3. The summed E-state index contributed by atoms with van der Waals surface area (Å²) in [5.41, 5.74) is 5.88. The van der Waals surface area contributed by atoms with Gasteiger partial charge >= 0.3 is 0 Å². The molecule has 0 spiro atoms. The zero-order valence-electron chi connectivity index (χ0n) is 14.2. The average molecular weight is 325 g/mol. The Morgan fingerprint density at radius 3 is 2.35 bits per heavy atom. The summed E-state index contributed by atoms with van der Waals surface area (Å²) in [5.74, 6) is 0.863. The van der Waals surface area contributed by atoms with Gasteiger partial charge in [0, 0.05) is 11.1 Å². The van der Waals surface area contributed by atoms with Gasteiger partial charge in [0.1, 0.15) is 12.1 Å². The van der Waals surface area contributed by atoms with Crippen molar-refractivity contribution in [2.24, 2.45) is 0 Å². The second kappa shape index (κ2) is 8.03. The van der Waals surface area contributed by atoms with Crippen LogP contribution in [0.5, 0.6) is 0 Å². The van der Waals surface area contributed by atoms with Crippen molar-refractivity contribution in [2.45, 2.75) is 33.9 Å². The van der Waals surface area contributed by atoms with Gasteiger partial charge in [0.2, 0.25) is 0 Å². The summed E-state index contributed by atoms with van der Waals surface area (Å²) in [5, 5.41) is 4.49. The molecule has 4 heteroatoms. The molecule has 0 amide bonds. The van der Waals surface area contributed by atoms with Crippen molar-refractivity contribution in [1.82, 2.24) is 9.97 Å². The molecule has 23 heavy (non-hydrogen) atoms. The zero-order chi connectivity index (χ0) is 16.8. The van der Waals surface area contributed by atoms with Crippen LogP contribution in [0.1, 0.15) is 30.5 Å². The lowest BCUT2D eigenvalue weighted by molar-refractivity contribution is 1.19. The largest absolute Gasteiger partial charge is 0.340 e. The Hall–Kier alpha value is -1.99. The van der Waals surface area contributed by atoms with Gasteiger partial charge in [-0.25, -0.2) is 9.97 Å². The van der Waals surface area contributed by atoms with Crippen molar-refractivity contribution >= 4 is 31.6 Å². The monoisotopic (exact) mass is 325 g/mol. The smallest absolute Gasteiger partial charge is 0.141 e. The molecular formula is C19H24N3P. The Morgan fingerprint density at radius 1 is 1.00 bits per heavy atom. The van der Waals surface area contributed by atoms with E-state index in [0.717, 1.165) is 28.6 Å². The fourth-order valence-corrected chi connectivity index (χ4v) is 2.97. The van der Waals surface area contributed by atoms with Gasteiger partial charge in [-0.05, 0) is 54.9 Å². The number of fused-ring (bicyclic) bond motifs is 1. The number of benzene rings is 2. The quantitative estimate of drug-likeness (QED) is 0.656. The Balaban J connectivity index is 0.000000924. The van der Waals surface area contributed by atoms with Crippen LogP contribution in [-0.2, 0) is 6.16 Å². The van der Waals surface area contributed by atoms with Gasteiger partial charge in [0.15, 0.2) is 0 Å². The highest BCUT2D eigenvalue weighted by Crippen LogP contribution is 2.30. The Labute approximate surface area is 140 Å². The number of nitrogens with zero attached hydrogens (tertiary/aromatic N) is 2. The molecule has 0 aliphatic carbocycles. The molecule has 1 atom stereocenters. The topological polar surface area (TPSA) is 37.8 Å². The van der Waals surface area contributed by atoms with Crippen molar-refractivity contribution in [3.05, 3.63) is 59.4 Å². The lowest BCUT2D eigenvalue weighted by atomic mass is 9.99. The van der Waals surface area contributed by atoms with Crippen LogP contribution >= 0.6 is 9.24 Å². The lowest BCUT2D eigenvalue weighted by Crippen LogP contribution is -2.00. The van der Waals surface area contributed by atoms with E-state index in [1.807, 2.05) is 44.2 Å². The highest BCUT2D eigenvalue weighted by atomic mass is 31.0. The first kappa shape index (κ1) is 17.4. The molecule has 1 aromatic heterocycles. The molecule has 3 nitrogen and oxygen atoms in total. The van der Waals surface area contributed by atoms with Gasteiger partial charge in [-0.3, -0.25) is 0 Å². The molecule has 2 aromatic carbocycles. The molecule has 1 N–H and O–H groups in total. The predicted molar refractivity (Wildman–Crippen MR) is 103 cm³/mol. The summed E-state index contributed by atoms with van der Waals surface area (Å²) in [4.78, 5) is 8.87. The molecule has 0 fully saturated rings. The fourth-order valence-electron chi connectivity index (χ4n) is 2.54. The molecule has 0 bridgehead atoms. The van der Waals surface area contributed by atoms with Crippen LogP contribution in [-0.4, -0.2) is 9.97 Å². The third-order valence-electron chi connectivity index (χ3n) is 3.86. The molecule has 1 unspecified atom stereocenters. The summed E-state index contributed by atoms with van der Waals surface area (Å²) in [6, 6.07) is 12.2. The van der Waals surface area contributed by atoms with E-state index in [1.165, 1.54) is 16.7 Å². The molecule has 0 saturated heterocycles. The van der Waals surface area contributed by atoms with Crippen LogP contribution in [0.4, 0.5) is 11.5 Å². The number of aryl methyl sites for hydroxylation is 1. The van der Waals surface area contributed by atoms with Crippen LogP contribution in [0.3, 0.4) is 0 Å². The van der Waals surface area contributed by atoms with Gasteiger partial charge in [-0.1, -0.05) is 32.0 Å². The highest BCUT2D eigenvalue weighted by molar-refractivity contribution is 7.15. The molecule has 0 radical (unpaired) electrons. The Morgan fingerprint density at radius 2 is 1.70 bits per heavy atom. The summed E-state index contributed by atoms with van der Waals surface area (Å²) in [6.45, 7) is 8.30. The number of para-hydroxylation sites is 1. The first-order chi connectivity index (χ1) is 11.2.